The predicted molar refractivity (Wildman–Crippen MR) is 125 cm³/mol. The Hall–Kier alpha value is -3.84. The standard InChI is InChI=1S/C26H26N2O5/c29-25(27-21-12-10-20(11-13-21)26(30)28-14-16-31-17-15-28)23-8-4-5-9-24(23)33-19-18-32-22-6-2-1-3-7-22/h1-13H,14-19H2,(H,27,29). The van der Waals surface area contributed by atoms with Gasteiger partial charge in [-0.15, -0.1) is 0 Å². The van der Waals surface area contributed by atoms with Gasteiger partial charge in [0.25, 0.3) is 11.8 Å². The van der Waals surface area contributed by atoms with Crippen LogP contribution in [0.4, 0.5) is 5.69 Å². The van der Waals surface area contributed by atoms with Crippen molar-refractivity contribution >= 4 is 17.5 Å². The van der Waals surface area contributed by atoms with Crippen molar-refractivity contribution in [2.45, 2.75) is 0 Å². The maximum atomic E-state index is 12.8. The van der Waals surface area contributed by atoms with Crippen LogP contribution in [0.25, 0.3) is 0 Å². The van der Waals surface area contributed by atoms with Crippen LogP contribution in [0.5, 0.6) is 11.5 Å². The van der Waals surface area contributed by atoms with Gasteiger partial charge in [0.15, 0.2) is 0 Å². The van der Waals surface area contributed by atoms with Gasteiger partial charge in [0.1, 0.15) is 24.7 Å². The molecule has 1 aliphatic rings. The molecular formula is C26H26N2O5. The number of rotatable bonds is 8. The number of nitrogens with zero attached hydrogens (tertiary/aromatic N) is 1. The maximum absolute atomic E-state index is 12.8. The molecule has 3 aromatic rings. The number of amides is 2. The number of carbonyl (C=O) groups excluding carboxylic acids is 2. The number of anilines is 1. The minimum absolute atomic E-state index is 0.0346. The van der Waals surface area contributed by atoms with Crippen LogP contribution in [0.1, 0.15) is 20.7 Å². The fraction of sp³-hybridized carbons (Fsp3) is 0.231. The quantitative estimate of drug-likeness (QED) is 0.532. The van der Waals surface area contributed by atoms with Crippen molar-refractivity contribution in [2.24, 2.45) is 0 Å². The van der Waals surface area contributed by atoms with Crippen molar-refractivity contribution in [1.29, 1.82) is 0 Å². The van der Waals surface area contributed by atoms with Crippen LogP contribution >= 0.6 is 0 Å². The summed E-state index contributed by atoms with van der Waals surface area (Å²) in [5.74, 6) is 0.919. The van der Waals surface area contributed by atoms with Gasteiger partial charge in [-0.05, 0) is 48.5 Å². The summed E-state index contributed by atoms with van der Waals surface area (Å²) in [4.78, 5) is 27.2. The van der Waals surface area contributed by atoms with Crippen molar-refractivity contribution in [2.75, 3.05) is 44.8 Å². The molecule has 1 N–H and O–H groups in total. The molecule has 1 fully saturated rings. The van der Waals surface area contributed by atoms with Crippen LogP contribution in [-0.4, -0.2) is 56.2 Å². The molecule has 4 rings (SSSR count). The van der Waals surface area contributed by atoms with E-state index < -0.39 is 0 Å². The molecule has 3 aromatic carbocycles. The zero-order valence-electron chi connectivity index (χ0n) is 18.2. The van der Waals surface area contributed by atoms with Crippen molar-refractivity contribution in [3.8, 4) is 11.5 Å². The predicted octanol–water partition coefficient (Wildman–Crippen LogP) is 3.87. The van der Waals surface area contributed by atoms with Crippen molar-refractivity contribution in [1.82, 2.24) is 4.90 Å². The summed E-state index contributed by atoms with van der Waals surface area (Å²) in [6.45, 7) is 2.95. The van der Waals surface area contributed by atoms with Crippen molar-refractivity contribution < 1.29 is 23.8 Å². The number of carbonyl (C=O) groups is 2. The van der Waals surface area contributed by atoms with Crippen LogP contribution in [0.3, 0.4) is 0 Å². The molecule has 170 valence electrons. The van der Waals surface area contributed by atoms with Gasteiger partial charge in [-0.3, -0.25) is 9.59 Å². The summed E-state index contributed by atoms with van der Waals surface area (Å²) in [6, 6.07) is 23.4. The first kappa shape index (κ1) is 22.4. The number of ether oxygens (including phenoxy) is 3. The molecule has 0 spiro atoms. The molecule has 1 saturated heterocycles. The smallest absolute Gasteiger partial charge is 0.259 e. The fourth-order valence-electron chi connectivity index (χ4n) is 3.45. The summed E-state index contributed by atoms with van der Waals surface area (Å²) in [6.07, 6.45) is 0. The lowest BCUT2D eigenvalue weighted by atomic mass is 10.1. The van der Waals surface area contributed by atoms with E-state index in [-0.39, 0.29) is 11.8 Å². The van der Waals surface area contributed by atoms with E-state index in [9.17, 15) is 9.59 Å². The monoisotopic (exact) mass is 446 g/mol. The Morgan fingerprint density at radius 1 is 0.818 bits per heavy atom. The van der Waals surface area contributed by atoms with Crippen LogP contribution in [0.2, 0.25) is 0 Å². The fourth-order valence-corrected chi connectivity index (χ4v) is 3.45. The second-order valence-corrected chi connectivity index (χ2v) is 7.44. The Labute approximate surface area is 192 Å². The van der Waals surface area contributed by atoms with E-state index in [1.165, 1.54) is 0 Å². The van der Waals surface area contributed by atoms with E-state index in [1.807, 2.05) is 36.4 Å². The SMILES string of the molecule is O=C(Nc1ccc(C(=O)N2CCOCC2)cc1)c1ccccc1OCCOc1ccccc1. The molecule has 7 nitrogen and oxygen atoms in total. The van der Waals surface area contributed by atoms with Gasteiger partial charge < -0.3 is 24.4 Å². The minimum Gasteiger partial charge on any atom is -0.490 e. The molecule has 0 atom stereocenters. The number of hydrogen-bond acceptors (Lipinski definition) is 5. The normalized spacial score (nSPS) is 13.3. The molecule has 0 aliphatic carbocycles. The molecule has 1 aliphatic heterocycles. The third-order valence-corrected chi connectivity index (χ3v) is 5.17. The molecule has 33 heavy (non-hydrogen) atoms. The molecule has 0 saturated carbocycles. The first-order chi connectivity index (χ1) is 16.2. The lowest BCUT2D eigenvalue weighted by Crippen LogP contribution is -2.40. The highest BCUT2D eigenvalue weighted by atomic mass is 16.5. The number of morpholine rings is 1. The summed E-state index contributed by atoms with van der Waals surface area (Å²) in [7, 11) is 0. The molecular weight excluding hydrogens is 420 g/mol. The number of para-hydroxylation sites is 2. The van der Waals surface area contributed by atoms with Gasteiger partial charge in [-0.25, -0.2) is 0 Å². The molecule has 2 amide bonds. The molecule has 0 unspecified atom stereocenters. The third kappa shape index (κ3) is 6.11. The second-order valence-electron chi connectivity index (χ2n) is 7.44. The molecule has 7 heteroatoms. The largest absolute Gasteiger partial charge is 0.490 e. The Morgan fingerprint density at radius 3 is 2.24 bits per heavy atom. The average Bonchev–Trinajstić information content (AvgIpc) is 2.88. The van der Waals surface area contributed by atoms with Gasteiger partial charge in [0.2, 0.25) is 0 Å². The highest BCUT2D eigenvalue weighted by Gasteiger charge is 2.18. The van der Waals surface area contributed by atoms with E-state index >= 15 is 0 Å². The lowest BCUT2D eigenvalue weighted by molar-refractivity contribution is 0.0303. The Kier molecular flexibility index (Phi) is 7.56. The van der Waals surface area contributed by atoms with Gasteiger partial charge in [0.05, 0.1) is 18.8 Å². The number of benzene rings is 3. The zero-order valence-corrected chi connectivity index (χ0v) is 18.2. The van der Waals surface area contributed by atoms with Gasteiger partial charge in [-0.2, -0.15) is 0 Å². The Balaban J connectivity index is 1.33. The lowest BCUT2D eigenvalue weighted by Gasteiger charge is -2.26. The Morgan fingerprint density at radius 2 is 1.48 bits per heavy atom. The van der Waals surface area contributed by atoms with Crippen LogP contribution in [0, 0.1) is 0 Å². The average molecular weight is 447 g/mol. The first-order valence-corrected chi connectivity index (χ1v) is 10.9. The van der Waals surface area contributed by atoms with Crippen LogP contribution in [0.15, 0.2) is 78.9 Å². The molecule has 0 aromatic heterocycles. The molecule has 0 bridgehead atoms. The van der Waals surface area contributed by atoms with Gasteiger partial charge in [0, 0.05) is 24.3 Å². The highest BCUT2D eigenvalue weighted by Crippen LogP contribution is 2.21. The molecule has 1 heterocycles. The van der Waals surface area contributed by atoms with E-state index in [1.54, 1.807) is 47.4 Å². The third-order valence-electron chi connectivity index (χ3n) is 5.17. The van der Waals surface area contributed by atoms with Crippen LogP contribution in [-0.2, 0) is 4.74 Å². The summed E-state index contributed by atoms with van der Waals surface area (Å²) in [5.41, 5.74) is 1.60. The van der Waals surface area contributed by atoms with E-state index in [4.69, 9.17) is 14.2 Å². The summed E-state index contributed by atoms with van der Waals surface area (Å²) in [5, 5.41) is 2.87. The number of nitrogens with one attached hydrogen (secondary N) is 1. The minimum atomic E-state index is -0.290. The van der Waals surface area contributed by atoms with Gasteiger partial charge in [-0.1, -0.05) is 30.3 Å². The van der Waals surface area contributed by atoms with E-state index in [2.05, 4.69) is 5.32 Å². The second kappa shape index (κ2) is 11.2. The first-order valence-electron chi connectivity index (χ1n) is 10.9. The van der Waals surface area contributed by atoms with Crippen molar-refractivity contribution in [3.05, 3.63) is 90.0 Å². The van der Waals surface area contributed by atoms with E-state index in [0.29, 0.717) is 62.1 Å². The molecule has 0 radical (unpaired) electrons. The maximum Gasteiger partial charge on any atom is 0.259 e. The highest BCUT2D eigenvalue weighted by molar-refractivity contribution is 6.06. The summed E-state index contributed by atoms with van der Waals surface area (Å²) >= 11 is 0. The van der Waals surface area contributed by atoms with E-state index in [0.717, 1.165) is 5.75 Å². The topological polar surface area (TPSA) is 77.1 Å². The van der Waals surface area contributed by atoms with Crippen LogP contribution < -0.4 is 14.8 Å². The van der Waals surface area contributed by atoms with Crippen molar-refractivity contribution in [3.63, 3.8) is 0 Å². The van der Waals surface area contributed by atoms with Gasteiger partial charge >= 0.3 is 0 Å². The Bertz CT molecular complexity index is 1060. The zero-order chi connectivity index (χ0) is 22.9. The summed E-state index contributed by atoms with van der Waals surface area (Å²) < 4.78 is 16.7. The number of hydrogen-bond donors (Lipinski definition) is 1.